The predicted molar refractivity (Wildman–Crippen MR) is 60.5 cm³/mol. The molecule has 0 bridgehead atoms. The van der Waals surface area contributed by atoms with Crippen molar-refractivity contribution in [2.24, 2.45) is 0 Å². The molecule has 0 saturated heterocycles. The van der Waals surface area contributed by atoms with E-state index in [1.165, 1.54) is 0 Å². The first-order valence-corrected chi connectivity index (χ1v) is 5.51. The number of fused-ring (bicyclic) bond motifs is 1. The van der Waals surface area contributed by atoms with Gasteiger partial charge in [-0.3, -0.25) is 0 Å². The highest BCUT2D eigenvalue weighted by atomic mass is 16.6. The van der Waals surface area contributed by atoms with Gasteiger partial charge in [0.25, 0.3) is 0 Å². The summed E-state index contributed by atoms with van der Waals surface area (Å²) in [6.07, 6.45) is 0.586. The SMILES string of the molecule is CCOC(=O)[C@]1(C)Cc2cccc(C)c2O1. The van der Waals surface area contributed by atoms with E-state index < -0.39 is 5.60 Å². The molecule has 0 fully saturated rings. The number of ether oxygens (including phenoxy) is 2. The lowest BCUT2D eigenvalue weighted by Crippen LogP contribution is -2.41. The van der Waals surface area contributed by atoms with Crippen LogP contribution in [-0.4, -0.2) is 18.2 Å². The minimum atomic E-state index is -0.857. The normalized spacial score (nSPS) is 22.4. The molecule has 1 atom stereocenters. The van der Waals surface area contributed by atoms with Crippen molar-refractivity contribution in [3.05, 3.63) is 29.3 Å². The molecule has 2 rings (SSSR count). The number of rotatable bonds is 2. The molecule has 0 aromatic heterocycles. The summed E-state index contributed by atoms with van der Waals surface area (Å²) >= 11 is 0. The van der Waals surface area contributed by atoms with Crippen LogP contribution in [0.1, 0.15) is 25.0 Å². The zero-order chi connectivity index (χ0) is 11.8. The van der Waals surface area contributed by atoms with Crippen molar-refractivity contribution in [3.8, 4) is 5.75 Å². The Hall–Kier alpha value is -1.51. The van der Waals surface area contributed by atoms with Crippen LogP contribution < -0.4 is 4.74 Å². The van der Waals surface area contributed by atoms with Gasteiger partial charge in [0.1, 0.15) is 5.75 Å². The number of para-hydroxylation sites is 1. The number of carbonyl (C=O) groups excluding carboxylic acids is 1. The molecule has 1 heterocycles. The summed E-state index contributed by atoms with van der Waals surface area (Å²) in [5.41, 5.74) is 1.28. The number of esters is 1. The second kappa shape index (κ2) is 3.81. The molecule has 1 aliphatic heterocycles. The molecule has 86 valence electrons. The lowest BCUT2D eigenvalue weighted by molar-refractivity contribution is -0.158. The zero-order valence-electron chi connectivity index (χ0n) is 9.87. The van der Waals surface area contributed by atoms with Gasteiger partial charge in [-0.25, -0.2) is 4.79 Å². The van der Waals surface area contributed by atoms with Crippen LogP contribution >= 0.6 is 0 Å². The van der Waals surface area contributed by atoms with E-state index in [1.54, 1.807) is 13.8 Å². The summed E-state index contributed by atoms with van der Waals surface area (Å²) < 4.78 is 10.8. The first-order chi connectivity index (χ1) is 7.57. The molecule has 3 nitrogen and oxygen atoms in total. The lowest BCUT2D eigenvalue weighted by Gasteiger charge is -2.21. The molecule has 1 aromatic carbocycles. The van der Waals surface area contributed by atoms with Gasteiger partial charge in [0.05, 0.1) is 6.61 Å². The van der Waals surface area contributed by atoms with E-state index in [-0.39, 0.29) is 5.97 Å². The summed E-state index contributed by atoms with van der Waals surface area (Å²) in [4.78, 5) is 11.8. The molecule has 0 aliphatic carbocycles. The molecule has 0 amide bonds. The van der Waals surface area contributed by atoms with Crippen molar-refractivity contribution < 1.29 is 14.3 Å². The zero-order valence-corrected chi connectivity index (χ0v) is 9.87. The highest BCUT2D eigenvalue weighted by Crippen LogP contribution is 2.37. The van der Waals surface area contributed by atoms with Gasteiger partial charge in [-0.2, -0.15) is 0 Å². The van der Waals surface area contributed by atoms with Gasteiger partial charge in [0.2, 0.25) is 5.60 Å². The quantitative estimate of drug-likeness (QED) is 0.717. The summed E-state index contributed by atoms with van der Waals surface area (Å²) in [6, 6.07) is 5.96. The predicted octanol–water partition coefficient (Wildman–Crippen LogP) is 2.25. The monoisotopic (exact) mass is 220 g/mol. The van der Waals surface area contributed by atoms with Gasteiger partial charge in [0, 0.05) is 6.42 Å². The molecular formula is C13H16O3. The minimum absolute atomic E-state index is 0.286. The lowest BCUT2D eigenvalue weighted by atomic mass is 9.99. The molecule has 1 aromatic rings. The number of aryl methyl sites for hydroxylation is 1. The van der Waals surface area contributed by atoms with E-state index in [9.17, 15) is 4.79 Å². The van der Waals surface area contributed by atoms with Gasteiger partial charge in [0.15, 0.2) is 0 Å². The van der Waals surface area contributed by atoms with E-state index >= 15 is 0 Å². The topological polar surface area (TPSA) is 35.5 Å². The van der Waals surface area contributed by atoms with Gasteiger partial charge in [-0.05, 0) is 31.9 Å². The molecule has 0 radical (unpaired) electrons. The number of hydrogen-bond donors (Lipinski definition) is 0. The van der Waals surface area contributed by atoms with Crippen molar-refractivity contribution >= 4 is 5.97 Å². The van der Waals surface area contributed by atoms with Crippen LogP contribution in [0.2, 0.25) is 0 Å². The van der Waals surface area contributed by atoms with E-state index in [0.29, 0.717) is 13.0 Å². The Kier molecular flexibility index (Phi) is 2.62. The molecule has 0 unspecified atom stereocenters. The maximum Gasteiger partial charge on any atom is 0.350 e. The summed E-state index contributed by atoms with van der Waals surface area (Å²) in [6.45, 7) is 5.95. The minimum Gasteiger partial charge on any atom is -0.475 e. The van der Waals surface area contributed by atoms with Crippen LogP contribution in [0.3, 0.4) is 0 Å². The number of benzene rings is 1. The van der Waals surface area contributed by atoms with E-state index in [1.807, 2.05) is 25.1 Å². The fraction of sp³-hybridized carbons (Fsp3) is 0.462. The fourth-order valence-electron chi connectivity index (χ4n) is 2.02. The van der Waals surface area contributed by atoms with Gasteiger partial charge >= 0.3 is 5.97 Å². The first kappa shape index (κ1) is 11.0. The molecule has 3 heteroatoms. The Morgan fingerprint density at radius 2 is 2.31 bits per heavy atom. The average Bonchev–Trinajstić information content (AvgIpc) is 2.58. The van der Waals surface area contributed by atoms with Crippen molar-refractivity contribution in [2.75, 3.05) is 6.61 Å². The maximum atomic E-state index is 11.8. The molecule has 1 aliphatic rings. The summed E-state index contributed by atoms with van der Waals surface area (Å²) in [7, 11) is 0. The third kappa shape index (κ3) is 1.66. The van der Waals surface area contributed by atoms with Crippen LogP contribution in [0, 0.1) is 6.92 Å². The number of carbonyl (C=O) groups is 1. The third-order valence-electron chi connectivity index (χ3n) is 2.86. The second-order valence-corrected chi connectivity index (χ2v) is 4.29. The van der Waals surface area contributed by atoms with Crippen molar-refractivity contribution in [1.29, 1.82) is 0 Å². The van der Waals surface area contributed by atoms with Gasteiger partial charge in [-0.1, -0.05) is 18.2 Å². The van der Waals surface area contributed by atoms with Crippen LogP contribution in [0.25, 0.3) is 0 Å². The largest absolute Gasteiger partial charge is 0.475 e. The third-order valence-corrected chi connectivity index (χ3v) is 2.86. The Labute approximate surface area is 95.4 Å². The molecule has 0 spiro atoms. The second-order valence-electron chi connectivity index (χ2n) is 4.29. The van der Waals surface area contributed by atoms with Gasteiger partial charge in [-0.15, -0.1) is 0 Å². The van der Waals surface area contributed by atoms with Crippen LogP contribution in [0.4, 0.5) is 0 Å². The molecule has 0 saturated carbocycles. The van der Waals surface area contributed by atoms with E-state index in [0.717, 1.165) is 16.9 Å². The van der Waals surface area contributed by atoms with E-state index in [4.69, 9.17) is 9.47 Å². The highest BCUT2D eigenvalue weighted by molar-refractivity contribution is 5.81. The van der Waals surface area contributed by atoms with Crippen LogP contribution in [0.5, 0.6) is 5.75 Å². The Morgan fingerprint density at radius 3 is 2.94 bits per heavy atom. The maximum absolute atomic E-state index is 11.8. The molecule has 0 N–H and O–H groups in total. The summed E-state index contributed by atoms with van der Waals surface area (Å²) in [5.74, 6) is 0.545. The van der Waals surface area contributed by atoms with E-state index in [2.05, 4.69) is 0 Å². The van der Waals surface area contributed by atoms with Crippen molar-refractivity contribution in [3.63, 3.8) is 0 Å². The first-order valence-electron chi connectivity index (χ1n) is 5.51. The Morgan fingerprint density at radius 1 is 1.56 bits per heavy atom. The standard InChI is InChI=1S/C13H16O3/c1-4-15-12(14)13(3)8-10-7-5-6-9(2)11(10)16-13/h5-7H,4,8H2,1-3H3/t13-/m0/s1. The van der Waals surface area contributed by atoms with Gasteiger partial charge < -0.3 is 9.47 Å². The smallest absolute Gasteiger partial charge is 0.350 e. The Balaban J connectivity index is 2.27. The number of hydrogen-bond acceptors (Lipinski definition) is 3. The molecular weight excluding hydrogens is 204 g/mol. The van der Waals surface area contributed by atoms with Crippen molar-refractivity contribution in [1.82, 2.24) is 0 Å². The van der Waals surface area contributed by atoms with Crippen molar-refractivity contribution in [2.45, 2.75) is 32.8 Å². The van der Waals surface area contributed by atoms with Crippen LogP contribution in [-0.2, 0) is 16.0 Å². The fourth-order valence-corrected chi connectivity index (χ4v) is 2.02. The van der Waals surface area contributed by atoms with Crippen LogP contribution in [0.15, 0.2) is 18.2 Å². The average molecular weight is 220 g/mol. The summed E-state index contributed by atoms with van der Waals surface area (Å²) in [5, 5.41) is 0. The highest BCUT2D eigenvalue weighted by Gasteiger charge is 2.43. The Bertz CT molecular complexity index is 425. The molecule has 16 heavy (non-hydrogen) atoms.